The summed E-state index contributed by atoms with van der Waals surface area (Å²) in [5.41, 5.74) is 1.41. The van der Waals surface area contributed by atoms with Crippen molar-refractivity contribution in [3.63, 3.8) is 0 Å². The first-order valence-electron chi connectivity index (χ1n) is 4.93. The van der Waals surface area contributed by atoms with Gasteiger partial charge in [0.25, 0.3) is 0 Å². The summed E-state index contributed by atoms with van der Waals surface area (Å²) in [5, 5.41) is 4.29. The van der Waals surface area contributed by atoms with Crippen LogP contribution in [-0.4, -0.2) is 13.1 Å². The predicted molar refractivity (Wildman–Crippen MR) is 69.0 cm³/mol. The van der Waals surface area contributed by atoms with E-state index in [1.165, 1.54) is 22.0 Å². The summed E-state index contributed by atoms with van der Waals surface area (Å²) in [6.45, 7) is 2.25. The molecule has 1 nitrogen and oxygen atoms in total. The molecule has 2 rings (SSSR count). The standard InChI is InChI=1S/C11H13ClIN/c12-9-3-4-11(13)10(6-9)8-2-1-5-14-7-8/h3-4,6,8,14H,1-2,5,7H2/t8-/m1/s1. The van der Waals surface area contributed by atoms with E-state index in [1.54, 1.807) is 0 Å². The van der Waals surface area contributed by atoms with Crippen LogP contribution in [0.15, 0.2) is 18.2 Å². The predicted octanol–water partition coefficient (Wildman–Crippen LogP) is 3.41. The third kappa shape index (κ3) is 2.41. The van der Waals surface area contributed by atoms with E-state index in [0.717, 1.165) is 18.1 Å². The van der Waals surface area contributed by atoms with E-state index in [4.69, 9.17) is 11.6 Å². The number of hydrogen-bond acceptors (Lipinski definition) is 1. The Morgan fingerprint density at radius 3 is 3.00 bits per heavy atom. The molecular weight excluding hydrogens is 308 g/mol. The number of benzene rings is 1. The first-order valence-corrected chi connectivity index (χ1v) is 6.38. The molecule has 0 spiro atoms. The molecular formula is C11H13ClIN. The minimum Gasteiger partial charge on any atom is -0.316 e. The van der Waals surface area contributed by atoms with Crippen LogP contribution < -0.4 is 5.32 Å². The normalized spacial score (nSPS) is 22.3. The van der Waals surface area contributed by atoms with E-state index in [1.807, 2.05) is 6.07 Å². The third-order valence-corrected chi connectivity index (χ3v) is 3.91. The van der Waals surface area contributed by atoms with Crippen molar-refractivity contribution in [2.24, 2.45) is 0 Å². The van der Waals surface area contributed by atoms with Crippen LogP contribution in [0.25, 0.3) is 0 Å². The van der Waals surface area contributed by atoms with Crippen molar-refractivity contribution >= 4 is 34.2 Å². The Kier molecular flexibility index (Phi) is 3.68. The SMILES string of the molecule is Clc1ccc(I)c([C@@H]2CCCNC2)c1. The zero-order valence-corrected chi connectivity index (χ0v) is 10.8. The van der Waals surface area contributed by atoms with Crippen LogP contribution in [0.5, 0.6) is 0 Å². The monoisotopic (exact) mass is 321 g/mol. The zero-order chi connectivity index (χ0) is 9.97. The Morgan fingerprint density at radius 1 is 1.43 bits per heavy atom. The first kappa shape index (κ1) is 10.7. The molecule has 1 atom stereocenters. The summed E-state index contributed by atoms with van der Waals surface area (Å²) in [6.07, 6.45) is 2.55. The van der Waals surface area contributed by atoms with Gasteiger partial charge in [0.15, 0.2) is 0 Å². The van der Waals surface area contributed by atoms with Crippen molar-refractivity contribution in [3.05, 3.63) is 32.4 Å². The lowest BCUT2D eigenvalue weighted by Crippen LogP contribution is -2.28. The van der Waals surface area contributed by atoms with Gasteiger partial charge in [0.05, 0.1) is 0 Å². The van der Waals surface area contributed by atoms with Gasteiger partial charge in [0, 0.05) is 15.1 Å². The summed E-state index contributed by atoms with van der Waals surface area (Å²) >= 11 is 8.41. The first-order chi connectivity index (χ1) is 6.77. The molecule has 0 saturated carbocycles. The average molecular weight is 322 g/mol. The fourth-order valence-electron chi connectivity index (χ4n) is 1.94. The number of nitrogens with one attached hydrogen (secondary N) is 1. The van der Waals surface area contributed by atoms with Gasteiger partial charge >= 0.3 is 0 Å². The Hall–Kier alpha value is 0.200. The van der Waals surface area contributed by atoms with Crippen molar-refractivity contribution in [2.75, 3.05) is 13.1 Å². The lowest BCUT2D eigenvalue weighted by atomic mass is 9.92. The maximum atomic E-state index is 6.01. The van der Waals surface area contributed by atoms with Crippen LogP contribution in [0.1, 0.15) is 24.3 Å². The maximum absolute atomic E-state index is 6.01. The molecule has 1 aromatic carbocycles. The highest BCUT2D eigenvalue weighted by molar-refractivity contribution is 14.1. The van der Waals surface area contributed by atoms with Crippen molar-refractivity contribution in [1.82, 2.24) is 5.32 Å². The molecule has 14 heavy (non-hydrogen) atoms. The molecule has 76 valence electrons. The van der Waals surface area contributed by atoms with Crippen molar-refractivity contribution in [3.8, 4) is 0 Å². The lowest BCUT2D eigenvalue weighted by molar-refractivity contribution is 0.460. The molecule has 0 aliphatic carbocycles. The minimum absolute atomic E-state index is 0.648. The van der Waals surface area contributed by atoms with Gasteiger partial charge in [-0.3, -0.25) is 0 Å². The van der Waals surface area contributed by atoms with Gasteiger partial charge < -0.3 is 5.32 Å². The van der Waals surface area contributed by atoms with Crippen LogP contribution in [-0.2, 0) is 0 Å². The second kappa shape index (κ2) is 4.81. The number of rotatable bonds is 1. The van der Waals surface area contributed by atoms with Gasteiger partial charge in [-0.25, -0.2) is 0 Å². The van der Waals surface area contributed by atoms with Crippen molar-refractivity contribution < 1.29 is 0 Å². The van der Waals surface area contributed by atoms with Gasteiger partial charge in [0.2, 0.25) is 0 Å². The molecule has 1 heterocycles. The average Bonchev–Trinajstić information content (AvgIpc) is 2.23. The highest BCUT2D eigenvalue weighted by Gasteiger charge is 2.17. The second-order valence-electron chi connectivity index (χ2n) is 3.71. The Morgan fingerprint density at radius 2 is 2.29 bits per heavy atom. The van der Waals surface area contributed by atoms with Crippen LogP contribution in [0.2, 0.25) is 5.02 Å². The van der Waals surface area contributed by atoms with E-state index < -0.39 is 0 Å². The van der Waals surface area contributed by atoms with E-state index in [0.29, 0.717) is 5.92 Å². The molecule has 0 unspecified atom stereocenters. The maximum Gasteiger partial charge on any atom is 0.0409 e. The number of halogens is 2. The van der Waals surface area contributed by atoms with Crippen LogP contribution in [0, 0.1) is 3.57 Å². The van der Waals surface area contributed by atoms with E-state index >= 15 is 0 Å². The molecule has 1 fully saturated rings. The van der Waals surface area contributed by atoms with Gasteiger partial charge in [-0.05, 0) is 71.7 Å². The number of piperidine rings is 1. The van der Waals surface area contributed by atoms with Crippen LogP contribution >= 0.6 is 34.2 Å². The molecule has 0 amide bonds. The van der Waals surface area contributed by atoms with Crippen LogP contribution in [0.3, 0.4) is 0 Å². The summed E-state index contributed by atoms with van der Waals surface area (Å²) in [5.74, 6) is 0.648. The summed E-state index contributed by atoms with van der Waals surface area (Å²) in [6, 6.07) is 6.18. The smallest absolute Gasteiger partial charge is 0.0409 e. The van der Waals surface area contributed by atoms with Gasteiger partial charge in [-0.1, -0.05) is 11.6 Å². The lowest BCUT2D eigenvalue weighted by Gasteiger charge is -2.24. The molecule has 1 aromatic rings. The zero-order valence-electron chi connectivity index (χ0n) is 7.89. The fourth-order valence-corrected chi connectivity index (χ4v) is 2.90. The van der Waals surface area contributed by atoms with E-state index in [9.17, 15) is 0 Å². The fraction of sp³-hybridized carbons (Fsp3) is 0.455. The Labute approximate surface area is 103 Å². The largest absolute Gasteiger partial charge is 0.316 e. The summed E-state index contributed by atoms with van der Waals surface area (Å²) < 4.78 is 1.33. The van der Waals surface area contributed by atoms with Crippen LogP contribution in [0.4, 0.5) is 0 Å². The van der Waals surface area contributed by atoms with Gasteiger partial charge in [-0.2, -0.15) is 0 Å². The molecule has 0 bridgehead atoms. The minimum atomic E-state index is 0.648. The van der Waals surface area contributed by atoms with E-state index in [-0.39, 0.29) is 0 Å². The number of hydrogen-bond donors (Lipinski definition) is 1. The highest BCUT2D eigenvalue weighted by Crippen LogP contribution is 2.29. The highest BCUT2D eigenvalue weighted by atomic mass is 127. The second-order valence-corrected chi connectivity index (χ2v) is 5.31. The summed E-state index contributed by atoms with van der Waals surface area (Å²) in [4.78, 5) is 0. The van der Waals surface area contributed by atoms with Crippen molar-refractivity contribution in [2.45, 2.75) is 18.8 Å². The molecule has 1 aliphatic rings. The van der Waals surface area contributed by atoms with E-state index in [2.05, 4.69) is 40.0 Å². The molecule has 1 saturated heterocycles. The third-order valence-electron chi connectivity index (χ3n) is 2.69. The quantitative estimate of drug-likeness (QED) is 0.782. The van der Waals surface area contributed by atoms with Gasteiger partial charge in [0.1, 0.15) is 0 Å². The molecule has 0 aromatic heterocycles. The molecule has 1 aliphatic heterocycles. The molecule has 0 radical (unpaired) electrons. The van der Waals surface area contributed by atoms with Gasteiger partial charge in [-0.15, -0.1) is 0 Å². The topological polar surface area (TPSA) is 12.0 Å². The molecule has 3 heteroatoms. The molecule has 1 N–H and O–H groups in total. The summed E-state index contributed by atoms with van der Waals surface area (Å²) in [7, 11) is 0. The Balaban J connectivity index is 2.24. The van der Waals surface area contributed by atoms with Crippen molar-refractivity contribution in [1.29, 1.82) is 0 Å². The Bertz CT molecular complexity index is 321.